The van der Waals surface area contributed by atoms with Crippen molar-refractivity contribution >= 4 is 30.7 Å². The predicted octanol–water partition coefficient (Wildman–Crippen LogP) is 0.789. The molecule has 0 aliphatic rings. The van der Waals surface area contributed by atoms with E-state index in [9.17, 15) is 4.79 Å². The second-order valence-corrected chi connectivity index (χ2v) is 7.14. The summed E-state index contributed by atoms with van der Waals surface area (Å²) in [6.07, 6.45) is 2.97. The molecule has 5 nitrogen and oxygen atoms in total. The molecule has 0 saturated carbocycles. The molecule has 0 aliphatic heterocycles. The third kappa shape index (κ3) is 10.6. The molecular weight excluding hydrogens is 296 g/mol. The Morgan fingerprint density at radius 3 is 2.31 bits per heavy atom. The lowest BCUT2D eigenvalue weighted by molar-refractivity contribution is -0.142. The molecule has 0 amide bonds. The van der Waals surface area contributed by atoms with E-state index in [0.717, 1.165) is 19.3 Å². The molecule has 1 atom stereocenters. The molecule has 7 heteroatoms. The normalized spacial score (nSPS) is 13.6. The van der Waals surface area contributed by atoms with Crippen molar-refractivity contribution in [3.63, 3.8) is 0 Å². The van der Waals surface area contributed by atoms with E-state index in [1.165, 1.54) is 0 Å². The lowest BCUT2D eigenvalue weighted by Gasteiger charge is -2.08. The number of alkyl halides is 1. The first kappa shape index (κ1) is 16.0. The minimum Gasteiger partial charge on any atom is -0.465 e. The average Bonchev–Trinajstić information content (AvgIpc) is 2.14. The maximum absolute atomic E-state index is 11.0. The van der Waals surface area contributed by atoms with Gasteiger partial charge < -0.3 is 19.1 Å². The number of carbonyl (C=O) groups excluding carboxylic acids is 1. The highest BCUT2D eigenvalue weighted by Crippen LogP contribution is 2.09. The number of halogens is 1. The van der Waals surface area contributed by atoms with Crippen LogP contribution >= 0.6 is 15.9 Å². The van der Waals surface area contributed by atoms with Crippen LogP contribution in [0.5, 0.6) is 0 Å². The second-order valence-electron chi connectivity index (χ2n) is 3.72. The lowest BCUT2D eigenvalue weighted by atomic mass is 10.2. The third-order valence-electron chi connectivity index (χ3n) is 1.98. The molecule has 0 saturated heterocycles. The standard InChI is InChI=1S/C9H19BrO5Si/c1-8(10)9(11)15-6-4-2-3-5-7-16(12,13)14/h8,12-14H,2-7H2,1H3. The molecule has 96 valence electrons. The van der Waals surface area contributed by atoms with Gasteiger partial charge in [-0.1, -0.05) is 28.8 Å². The fraction of sp³-hybridized carbons (Fsp3) is 0.889. The summed E-state index contributed by atoms with van der Waals surface area (Å²) in [6.45, 7) is 2.09. The smallest absolute Gasteiger partial charge is 0.465 e. The van der Waals surface area contributed by atoms with E-state index < -0.39 is 8.80 Å². The van der Waals surface area contributed by atoms with Crippen LogP contribution in [0.3, 0.4) is 0 Å². The molecule has 16 heavy (non-hydrogen) atoms. The van der Waals surface area contributed by atoms with Crippen molar-refractivity contribution in [3.05, 3.63) is 0 Å². The van der Waals surface area contributed by atoms with Gasteiger partial charge in [0, 0.05) is 6.04 Å². The Hall–Kier alpha value is 0.0469. The number of rotatable bonds is 8. The van der Waals surface area contributed by atoms with Crippen LogP contribution in [0.2, 0.25) is 6.04 Å². The van der Waals surface area contributed by atoms with Crippen LogP contribution in [0.25, 0.3) is 0 Å². The van der Waals surface area contributed by atoms with Gasteiger partial charge >= 0.3 is 14.8 Å². The molecule has 3 N–H and O–H groups in total. The zero-order chi connectivity index (χ0) is 12.6. The summed E-state index contributed by atoms with van der Waals surface area (Å²) in [6, 6.07) is 0.0746. The second kappa shape index (κ2) is 8.18. The summed E-state index contributed by atoms with van der Waals surface area (Å²) >= 11 is 3.10. The van der Waals surface area contributed by atoms with Crippen molar-refractivity contribution < 1.29 is 23.9 Å². The Bertz CT molecular complexity index is 205. The first-order chi connectivity index (χ1) is 7.33. The summed E-state index contributed by atoms with van der Waals surface area (Å²) < 4.78 is 4.93. The first-order valence-electron chi connectivity index (χ1n) is 5.31. The van der Waals surface area contributed by atoms with Crippen LogP contribution in [0.4, 0.5) is 0 Å². The van der Waals surface area contributed by atoms with Crippen molar-refractivity contribution in [2.75, 3.05) is 6.61 Å². The zero-order valence-corrected chi connectivity index (χ0v) is 11.9. The Morgan fingerprint density at radius 2 is 1.81 bits per heavy atom. The highest BCUT2D eigenvalue weighted by atomic mass is 79.9. The molecule has 0 heterocycles. The maximum atomic E-state index is 11.0. The van der Waals surface area contributed by atoms with Crippen molar-refractivity contribution in [1.29, 1.82) is 0 Å². The number of esters is 1. The summed E-state index contributed by atoms with van der Waals surface area (Å²) in [4.78, 5) is 36.9. The molecular formula is C9H19BrO5Si. The maximum Gasteiger partial charge on any atom is 0.492 e. The van der Waals surface area contributed by atoms with Crippen LogP contribution in [-0.2, 0) is 9.53 Å². The minimum atomic E-state index is -3.85. The average molecular weight is 315 g/mol. The van der Waals surface area contributed by atoms with Gasteiger partial charge in [0.15, 0.2) is 0 Å². The number of hydrogen-bond donors (Lipinski definition) is 3. The van der Waals surface area contributed by atoms with Crippen LogP contribution < -0.4 is 0 Å². The van der Waals surface area contributed by atoms with Crippen molar-refractivity contribution in [3.8, 4) is 0 Å². The van der Waals surface area contributed by atoms with Gasteiger partial charge in [-0.15, -0.1) is 0 Å². The number of ether oxygens (including phenoxy) is 1. The molecule has 1 unspecified atom stereocenters. The topological polar surface area (TPSA) is 87.0 Å². The lowest BCUT2D eigenvalue weighted by Crippen LogP contribution is -2.33. The van der Waals surface area contributed by atoms with Gasteiger partial charge in [0.2, 0.25) is 0 Å². The number of hydrogen-bond acceptors (Lipinski definition) is 5. The summed E-state index contributed by atoms with van der Waals surface area (Å²) in [7, 11) is -3.85. The largest absolute Gasteiger partial charge is 0.492 e. The van der Waals surface area contributed by atoms with Crippen LogP contribution in [0, 0.1) is 0 Å². The molecule has 0 rings (SSSR count). The van der Waals surface area contributed by atoms with Gasteiger partial charge in [-0.2, -0.15) is 0 Å². The Kier molecular flexibility index (Phi) is 8.21. The Morgan fingerprint density at radius 1 is 1.25 bits per heavy atom. The van der Waals surface area contributed by atoms with Gasteiger partial charge in [-0.25, -0.2) is 0 Å². The van der Waals surface area contributed by atoms with Crippen molar-refractivity contribution in [1.82, 2.24) is 0 Å². The third-order valence-corrected chi connectivity index (χ3v) is 3.37. The summed E-state index contributed by atoms with van der Waals surface area (Å²) in [5, 5.41) is 0. The molecule has 0 spiro atoms. The van der Waals surface area contributed by atoms with Crippen LogP contribution in [0.15, 0.2) is 0 Å². The molecule has 0 aromatic heterocycles. The molecule has 0 aliphatic carbocycles. The quantitative estimate of drug-likeness (QED) is 0.267. The highest BCUT2D eigenvalue weighted by Gasteiger charge is 2.25. The van der Waals surface area contributed by atoms with E-state index in [4.69, 9.17) is 19.1 Å². The monoisotopic (exact) mass is 314 g/mol. The molecule has 0 aromatic carbocycles. The van der Waals surface area contributed by atoms with Crippen LogP contribution in [0.1, 0.15) is 32.6 Å². The van der Waals surface area contributed by atoms with Crippen molar-refractivity contribution in [2.24, 2.45) is 0 Å². The fourth-order valence-electron chi connectivity index (χ4n) is 1.11. The highest BCUT2D eigenvalue weighted by molar-refractivity contribution is 9.10. The number of unbranched alkanes of at least 4 members (excludes halogenated alkanes) is 3. The van der Waals surface area contributed by atoms with E-state index in [2.05, 4.69) is 15.9 Å². The Balaban J connectivity index is 3.26. The molecule has 0 aromatic rings. The summed E-state index contributed by atoms with van der Waals surface area (Å²) in [5.41, 5.74) is 0. The van der Waals surface area contributed by atoms with E-state index in [1.54, 1.807) is 6.92 Å². The van der Waals surface area contributed by atoms with E-state index in [0.29, 0.717) is 13.0 Å². The zero-order valence-electron chi connectivity index (χ0n) is 9.36. The minimum absolute atomic E-state index is 0.0746. The van der Waals surface area contributed by atoms with Gasteiger partial charge in [-0.3, -0.25) is 4.79 Å². The molecule has 0 radical (unpaired) electrons. The van der Waals surface area contributed by atoms with E-state index in [1.807, 2.05) is 0 Å². The first-order valence-corrected chi connectivity index (χ1v) is 8.27. The molecule has 0 fully saturated rings. The predicted molar refractivity (Wildman–Crippen MR) is 65.0 cm³/mol. The van der Waals surface area contributed by atoms with Crippen LogP contribution in [-0.4, -0.2) is 40.6 Å². The van der Waals surface area contributed by atoms with Gasteiger partial charge in [0.05, 0.1) is 6.61 Å². The SMILES string of the molecule is CC(Br)C(=O)OCCCCCC[Si](O)(O)O. The van der Waals surface area contributed by atoms with Gasteiger partial charge in [0.1, 0.15) is 4.83 Å². The number of carbonyl (C=O) groups is 1. The van der Waals surface area contributed by atoms with Crippen molar-refractivity contribution in [2.45, 2.75) is 43.5 Å². The van der Waals surface area contributed by atoms with E-state index >= 15 is 0 Å². The summed E-state index contributed by atoms with van der Waals surface area (Å²) in [5.74, 6) is -0.271. The Labute approximate surface area is 105 Å². The van der Waals surface area contributed by atoms with Gasteiger partial charge in [-0.05, 0) is 19.8 Å². The van der Waals surface area contributed by atoms with E-state index in [-0.39, 0.29) is 16.8 Å². The molecule has 0 bridgehead atoms. The van der Waals surface area contributed by atoms with Gasteiger partial charge in [0.25, 0.3) is 0 Å². The fourth-order valence-corrected chi connectivity index (χ4v) is 1.96.